The van der Waals surface area contributed by atoms with Crippen LogP contribution in [0, 0.1) is 11.8 Å². The first-order valence-electron chi connectivity index (χ1n) is 6.70. The largest absolute Gasteiger partial charge is 0.316 e. The van der Waals surface area contributed by atoms with Crippen LogP contribution in [0.15, 0.2) is 6.33 Å². The Bertz CT molecular complexity index is 339. The highest BCUT2D eigenvalue weighted by Crippen LogP contribution is 2.31. The summed E-state index contributed by atoms with van der Waals surface area (Å²) >= 11 is 0. The van der Waals surface area contributed by atoms with Gasteiger partial charge in [-0.2, -0.15) is 5.10 Å². The Balaban J connectivity index is 1.95. The Hall–Kier alpha value is -0.900. The van der Waals surface area contributed by atoms with Gasteiger partial charge < -0.3 is 5.32 Å². The van der Waals surface area contributed by atoms with E-state index in [1.165, 1.54) is 25.7 Å². The lowest BCUT2D eigenvalue weighted by Gasteiger charge is -2.32. The van der Waals surface area contributed by atoms with Gasteiger partial charge in [0, 0.05) is 19.5 Å². The Morgan fingerprint density at radius 3 is 2.65 bits per heavy atom. The van der Waals surface area contributed by atoms with Crippen LogP contribution in [-0.4, -0.2) is 27.9 Å². The van der Waals surface area contributed by atoms with E-state index in [9.17, 15) is 0 Å². The highest BCUT2D eigenvalue weighted by atomic mass is 15.3. The van der Waals surface area contributed by atoms with E-state index in [1.54, 1.807) is 6.33 Å². The van der Waals surface area contributed by atoms with E-state index < -0.39 is 0 Å². The van der Waals surface area contributed by atoms with Gasteiger partial charge in [0.15, 0.2) is 0 Å². The van der Waals surface area contributed by atoms with Gasteiger partial charge in [0.25, 0.3) is 0 Å². The van der Waals surface area contributed by atoms with Crippen molar-refractivity contribution >= 4 is 0 Å². The molecule has 0 aromatic carbocycles. The van der Waals surface area contributed by atoms with Crippen LogP contribution in [0.2, 0.25) is 0 Å². The molecule has 1 saturated carbocycles. The molecule has 0 bridgehead atoms. The van der Waals surface area contributed by atoms with Gasteiger partial charge in [-0.25, -0.2) is 4.98 Å². The Kier molecular flexibility index (Phi) is 4.15. The summed E-state index contributed by atoms with van der Waals surface area (Å²) in [5.74, 6) is 2.80. The van der Waals surface area contributed by atoms with E-state index in [-0.39, 0.29) is 0 Å². The number of likely N-dealkylation sites (N-methyl/N-ethyl adjacent to an activating group) is 1. The Morgan fingerprint density at radius 1 is 1.41 bits per heavy atom. The summed E-state index contributed by atoms with van der Waals surface area (Å²) in [6, 6.07) is 0.547. The summed E-state index contributed by atoms with van der Waals surface area (Å²) in [5, 5.41) is 7.61. The fourth-order valence-electron chi connectivity index (χ4n) is 2.89. The van der Waals surface area contributed by atoms with Crippen LogP contribution in [0.25, 0.3) is 0 Å². The molecule has 4 heteroatoms. The standard InChI is InChI=1S/C13H24N4/c1-10-4-6-11(7-5-10)12(14-2)8-13-15-9-16-17(13)3/h9-12,14H,4-8H2,1-3H3. The highest BCUT2D eigenvalue weighted by molar-refractivity contribution is 4.92. The fourth-order valence-corrected chi connectivity index (χ4v) is 2.89. The topological polar surface area (TPSA) is 42.7 Å². The van der Waals surface area contributed by atoms with Gasteiger partial charge in [0.1, 0.15) is 12.2 Å². The van der Waals surface area contributed by atoms with Gasteiger partial charge in [-0.3, -0.25) is 4.68 Å². The lowest BCUT2D eigenvalue weighted by molar-refractivity contribution is 0.233. The van der Waals surface area contributed by atoms with Crippen molar-refractivity contribution in [2.45, 2.75) is 45.1 Å². The van der Waals surface area contributed by atoms with Crippen LogP contribution in [0.1, 0.15) is 38.4 Å². The SMILES string of the molecule is CNC(Cc1ncnn1C)C1CCC(C)CC1. The number of nitrogens with zero attached hydrogens (tertiary/aromatic N) is 3. The summed E-state index contributed by atoms with van der Waals surface area (Å²) in [4.78, 5) is 4.33. The lowest BCUT2D eigenvalue weighted by atomic mass is 9.78. The summed E-state index contributed by atoms with van der Waals surface area (Å²) in [7, 11) is 4.04. The lowest BCUT2D eigenvalue weighted by Crippen LogP contribution is -2.38. The van der Waals surface area contributed by atoms with Crippen LogP contribution >= 0.6 is 0 Å². The summed E-state index contributed by atoms with van der Waals surface area (Å²) in [6.45, 7) is 2.37. The molecule has 0 spiro atoms. The minimum Gasteiger partial charge on any atom is -0.316 e. The fraction of sp³-hybridized carbons (Fsp3) is 0.846. The summed E-state index contributed by atoms with van der Waals surface area (Å²) in [5.41, 5.74) is 0. The molecule has 1 aliphatic carbocycles. The molecular weight excluding hydrogens is 212 g/mol. The molecule has 0 radical (unpaired) electrons. The zero-order valence-corrected chi connectivity index (χ0v) is 11.2. The molecule has 1 aliphatic rings. The van der Waals surface area contributed by atoms with Gasteiger partial charge >= 0.3 is 0 Å². The molecule has 1 fully saturated rings. The van der Waals surface area contributed by atoms with Crippen LogP contribution < -0.4 is 5.32 Å². The van der Waals surface area contributed by atoms with Crippen molar-refractivity contribution in [1.29, 1.82) is 0 Å². The first kappa shape index (κ1) is 12.6. The minimum atomic E-state index is 0.547. The number of rotatable bonds is 4. The Morgan fingerprint density at radius 2 is 2.12 bits per heavy atom. The predicted octanol–water partition coefficient (Wildman–Crippen LogP) is 1.77. The minimum absolute atomic E-state index is 0.547. The zero-order valence-electron chi connectivity index (χ0n) is 11.2. The van der Waals surface area contributed by atoms with E-state index in [1.807, 2.05) is 11.7 Å². The van der Waals surface area contributed by atoms with Crippen molar-refractivity contribution in [3.63, 3.8) is 0 Å². The summed E-state index contributed by atoms with van der Waals surface area (Å²) < 4.78 is 1.88. The van der Waals surface area contributed by atoms with E-state index >= 15 is 0 Å². The molecule has 1 unspecified atom stereocenters. The molecule has 96 valence electrons. The molecule has 4 nitrogen and oxygen atoms in total. The van der Waals surface area contributed by atoms with Crippen molar-refractivity contribution in [1.82, 2.24) is 20.1 Å². The van der Waals surface area contributed by atoms with Crippen LogP contribution in [0.4, 0.5) is 0 Å². The second-order valence-corrected chi connectivity index (χ2v) is 5.42. The maximum Gasteiger partial charge on any atom is 0.138 e. The second-order valence-electron chi connectivity index (χ2n) is 5.42. The van der Waals surface area contributed by atoms with E-state index in [2.05, 4.69) is 29.4 Å². The maximum absolute atomic E-state index is 4.33. The molecule has 0 amide bonds. The van der Waals surface area contributed by atoms with Crippen molar-refractivity contribution in [3.05, 3.63) is 12.2 Å². The molecule has 17 heavy (non-hydrogen) atoms. The van der Waals surface area contributed by atoms with E-state index in [0.717, 1.165) is 24.1 Å². The average molecular weight is 236 g/mol. The molecule has 1 aromatic rings. The molecular formula is C13H24N4. The number of aromatic nitrogens is 3. The summed E-state index contributed by atoms with van der Waals surface area (Å²) in [6.07, 6.45) is 8.09. The average Bonchev–Trinajstić information content (AvgIpc) is 2.73. The molecule has 0 saturated heterocycles. The maximum atomic E-state index is 4.33. The van der Waals surface area contributed by atoms with Gasteiger partial charge in [-0.1, -0.05) is 19.8 Å². The smallest absolute Gasteiger partial charge is 0.138 e. The van der Waals surface area contributed by atoms with Crippen LogP contribution in [0.5, 0.6) is 0 Å². The van der Waals surface area contributed by atoms with Gasteiger partial charge in [-0.05, 0) is 31.7 Å². The normalized spacial score (nSPS) is 27.0. The third-order valence-electron chi connectivity index (χ3n) is 4.21. The number of nitrogens with one attached hydrogen (secondary N) is 1. The van der Waals surface area contributed by atoms with Crippen molar-refractivity contribution in [2.24, 2.45) is 18.9 Å². The molecule has 1 atom stereocenters. The first-order valence-corrected chi connectivity index (χ1v) is 6.70. The van der Waals surface area contributed by atoms with Crippen molar-refractivity contribution < 1.29 is 0 Å². The molecule has 2 rings (SSSR count). The van der Waals surface area contributed by atoms with E-state index in [4.69, 9.17) is 0 Å². The zero-order chi connectivity index (χ0) is 12.3. The highest BCUT2D eigenvalue weighted by Gasteiger charge is 2.26. The quantitative estimate of drug-likeness (QED) is 0.866. The molecule has 1 aromatic heterocycles. The molecule has 1 N–H and O–H groups in total. The second kappa shape index (κ2) is 5.63. The van der Waals surface area contributed by atoms with Gasteiger partial charge in [0.05, 0.1) is 0 Å². The van der Waals surface area contributed by atoms with Gasteiger partial charge in [-0.15, -0.1) is 0 Å². The van der Waals surface area contributed by atoms with Crippen molar-refractivity contribution in [2.75, 3.05) is 7.05 Å². The third kappa shape index (κ3) is 3.06. The van der Waals surface area contributed by atoms with Gasteiger partial charge in [0.2, 0.25) is 0 Å². The predicted molar refractivity (Wildman–Crippen MR) is 68.7 cm³/mol. The Labute approximate surface area is 104 Å². The van der Waals surface area contributed by atoms with Crippen LogP contribution in [0.3, 0.4) is 0 Å². The first-order chi connectivity index (χ1) is 8.20. The monoisotopic (exact) mass is 236 g/mol. The molecule has 0 aliphatic heterocycles. The molecule has 1 heterocycles. The third-order valence-corrected chi connectivity index (χ3v) is 4.21. The van der Waals surface area contributed by atoms with Crippen LogP contribution in [-0.2, 0) is 13.5 Å². The van der Waals surface area contributed by atoms with E-state index in [0.29, 0.717) is 6.04 Å². The number of hydrogen-bond acceptors (Lipinski definition) is 3. The number of hydrogen-bond donors (Lipinski definition) is 1. The number of aryl methyl sites for hydroxylation is 1. The van der Waals surface area contributed by atoms with Crippen molar-refractivity contribution in [3.8, 4) is 0 Å².